The largest absolute Gasteiger partial charge is 0.378 e. The summed E-state index contributed by atoms with van der Waals surface area (Å²) in [6, 6.07) is 7.88. The molecule has 6 nitrogen and oxygen atoms in total. The summed E-state index contributed by atoms with van der Waals surface area (Å²) in [7, 11) is 3.98. The fourth-order valence-corrected chi connectivity index (χ4v) is 2.84. The number of benzene rings is 1. The van der Waals surface area contributed by atoms with Gasteiger partial charge >= 0.3 is 0 Å². The van der Waals surface area contributed by atoms with E-state index in [1.807, 2.05) is 57.1 Å². The molecule has 0 aliphatic carbocycles. The molecule has 0 saturated heterocycles. The third-order valence-corrected chi connectivity index (χ3v) is 4.24. The van der Waals surface area contributed by atoms with Crippen molar-refractivity contribution < 1.29 is 0 Å². The molecular weight excluding hydrogens is 314 g/mol. The Morgan fingerprint density at radius 3 is 2.44 bits per heavy atom. The van der Waals surface area contributed by atoms with Crippen molar-refractivity contribution in [2.75, 3.05) is 19.0 Å². The van der Waals surface area contributed by atoms with Crippen LogP contribution >= 0.6 is 0 Å². The second-order valence-corrected chi connectivity index (χ2v) is 6.70. The lowest BCUT2D eigenvalue weighted by Crippen LogP contribution is -2.23. The first kappa shape index (κ1) is 17.0. The Morgan fingerprint density at radius 2 is 1.88 bits per heavy atom. The van der Waals surface area contributed by atoms with Crippen molar-refractivity contribution in [3.63, 3.8) is 0 Å². The molecule has 0 radical (unpaired) electrons. The molecule has 2 aromatic heterocycles. The van der Waals surface area contributed by atoms with Crippen molar-refractivity contribution in [3.05, 3.63) is 56.6 Å². The molecule has 0 saturated carbocycles. The number of fused-ring (bicyclic) bond motifs is 1. The van der Waals surface area contributed by atoms with Gasteiger partial charge in [0.2, 0.25) is 0 Å². The van der Waals surface area contributed by atoms with Gasteiger partial charge in [-0.3, -0.25) is 9.89 Å². The summed E-state index contributed by atoms with van der Waals surface area (Å²) < 4.78 is 1.43. The van der Waals surface area contributed by atoms with Crippen molar-refractivity contribution >= 4 is 23.6 Å². The molecular formula is C19H23N5O. The number of nitrogens with one attached hydrogen (secondary N) is 1. The Balaban J connectivity index is 2.27. The smallest absolute Gasteiger partial charge is 0.275 e. The number of nitrogens with zero attached hydrogens (tertiary/aromatic N) is 4. The summed E-state index contributed by atoms with van der Waals surface area (Å²) in [5, 5.41) is 4.15. The zero-order valence-corrected chi connectivity index (χ0v) is 15.3. The Labute approximate surface area is 146 Å². The van der Waals surface area contributed by atoms with Crippen LogP contribution in [0, 0.1) is 6.92 Å². The number of H-pyrrole nitrogens is 1. The van der Waals surface area contributed by atoms with Crippen LogP contribution in [0.1, 0.15) is 31.0 Å². The normalized spacial score (nSPS) is 12.3. The van der Waals surface area contributed by atoms with Gasteiger partial charge in [-0.1, -0.05) is 20.4 Å². The number of rotatable bonds is 3. The lowest BCUT2D eigenvalue weighted by Gasteiger charge is -2.11. The van der Waals surface area contributed by atoms with E-state index >= 15 is 0 Å². The minimum Gasteiger partial charge on any atom is -0.378 e. The summed E-state index contributed by atoms with van der Waals surface area (Å²) in [4.78, 5) is 24.0. The Bertz CT molecular complexity index is 1090. The van der Waals surface area contributed by atoms with Crippen molar-refractivity contribution in [2.24, 2.45) is 4.99 Å². The molecule has 0 amide bonds. The predicted molar refractivity (Wildman–Crippen MR) is 101 cm³/mol. The topological polar surface area (TPSA) is 65.8 Å². The highest BCUT2D eigenvalue weighted by Crippen LogP contribution is 2.17. The molecule has 2 heterocycles. The van der Waals surface area contributed by atoms with E-state index in [1.54, 1.807) is 6.92 Å². The van der Waals surface area contributed by atoms with Gasteiger partial charge < -0.3 is 4.90 Å². The Kier molecular flexibility index (Phi) is 4.20. The van der Waals surface area contributed by atoms with Gasteiger partial charge in [0.25, 0.3) is 5.56 Å². The molecule has 25 heavy (non-hydrogen) atoms. The lowest BCUT2D eigenvalue weighted by atomic mass is 10.1. The van der Waals surface area contributed by atoms with Crippen molar-refractivity contribution in [3.8, 4) is 0 Å². The minimum absolute atomic E-state index is 0.108. The van der Waals surface area contributed by atoms with E-state index in [9.17, 15) is 4.79 Å². The molecule has 0 fully saturated rings. The van der Waals surface area contributed by atoms with Gasteiger partial charge in [-0.25, -0.2) is 9.98 Å². The summed E-state index contributed by atoms with van der Waals surface area (Å²) in [5.41, 5.74) is 3.74. The summed E-state index contributed by atoms with van der Waals surface area (Å²) in [6.07, 6.45) is 0. The van der Waals surface area contributed by atoms with E-state index in [0.29, 0.717) is 21.9 Å². The number of aromatic amines is 1. The number of anilines is 1. The minimum atomic E-state index is -0.108. The van der Waals surface area contributed by atoms with Gasteiger partial charge in [0.05, 0.1) is 16.7 Å². The molecule has 0 atom stereocenters. The maximum atomic E-state index is 12.6. The van der Waals surface area contributed by atoms with E-state index in [-0.39, 0.29) is 11.5 Å². The zero-order valence-electron chi connectivity index (χ0n) is 15.3. The average molecular weight is 337 g/mol. The fourth-order valence-electron chi connectivity index (χ4n) is 2.84. The molecule has 0 spiro atoms. The van der Waals surface area contributed by atoms with Gasteiger partial charge in [0.1, 0.15) is 5.36 Å². The van der Waals surface area contributed by atoms with Crippen LogP contribution in [0.4, 0.5) is 11.4 Å². The highest BCUT2D eigenvalue weighted by molar-refractivity contribution is 5.52. The van der Waals surface area contributed by atoms with Gasteiger partial charge in [-0.15, -0.1) is 0 Å². The van der Waals surface area contributed by atoms with Crippen molar-refractivity contribution in [1.82, 2.24) is 14.6 Å². The van der Waals surface area contributed by atoms with Crippen LogP contribution in [0.5, 0.6) is 0 Å². The van der Waals surface area contributed by atoms with E-state index in [2.05, 4.69) is 21.7 Å². The highest BCUT2D eigenvalue weighted by atomic mass is 16.1. The predicted octanol–water partition coefficient (Wildman–Crippen LogP) is 1.88. The molecule has 6 heteroatoms. The zero-order chi connectivity index (χ0) is 18.3. The van der Waals surface area contributed by atoms with Crippen molar-refractivity contribution in [1.29, 1.82) is 0 Å². The summed E-state index contributed by atoms with van der Waals surface area (Å²) in [6.45, 7) is 9.85. The van der Waals surface area contributed by atoms with E-state index in [4.69, 9.17) is 0 Å². The van der Waals surface area contributed by atoms with Crippen LogP contribution < -0.4 is 21.2 Å². The van der Waals surface area contributed by atoms with Crippen LogP contribution in [0.2, 0.25) is 0 Å². The molecule has 3 aromatic rings. The quantitative estimate of drug-likeness (QED) is 0.794. The van der Waals surface area contributed by atoms with Crippen LogP contribution in [0.15, 0.2) is 34.1 Å². The Hall–Kier alpha value is -2.89. The van der Waals surface area contributed by atoms with Crippen LogP contribution in [0.3, 0.4) is 0 Å². The highest BCUT2D eigenvalue weighted by Gasteiger charge is 2.14. The summed E-state index contributed by atoms with van der Waals surface area (Å²) in [5.74, 6) is 0.160. The molecule has 3 rings (SSSR count). The molecule has 1 N–H and O–H groups in total. The Morgan fingerprint density at radius 1 is 1.24 bits per heavy atom. The second-order valence-electron chi connectivity index (χ2n) is 6.70. The van der Waals surface area contributed by atoms with E-state index < -0.39 is 0 Å². The van der Waals surface area contributed by atoms with Gasteiger partial charge in [0.15, 0.2) is 5.65 Å². The molecule has 0 aliphatic rings. The number of aromatic nitrogens is 3. The van der Waals surface area contributed by atoms with E-state index in [1.165, 1.54) is 4.52 Å². The second kappa shape index (κ2) is 6.20. The standard InChI is InChI=1S/C19H23N5O/c1-11(2)16-12(3)19(25)24-18(21-16)17(13(4)22-24)20-14-7-9-15(10-8-14)23(5)6/h7-11,22H,4H2,1-3,5-6H3. The number of hydrogen-bond acceptors (Lipinski definition) is 4. The first-order valence-corrected chi connectivity index (χ1v) is 8.26. The molecule has 1 aromatic carbocycles. The molecule has 0 aliphatic heterocycles. The van der Waals surface area contributed by atoms with Gasteiger partial charge in [0, 0.05) is 25.3 Å². The maximum absolute atomic E-state index is 12.6. The average Bonchev–Trinajstić information content (AvgIpc) is 2.87. The van der Waals surface area contributed by atoms with Gasteiger partial charge in [-0.05, 0) is 37.1 Å². The lowest BCUT2D eigenvalue weighted by molar-refractivity contribution is 0.778. The maximum Gasteiger partial charge on any atom is 0.275 e. The van der Waals surface area contributed by atoms with Crippen LogP contribution in [-0.2, 0) is 0 Å². The van der Waals surface area contributed by atoms with Crippen LogP contribution in [-0.4, -0.2) is 28.7 Å². The first-order valence-electron chi connectivity index (χ1n) is 8.26. The third kappa shape index (κ3) is 2.95. The van der Waals surface area contributed by atoms with E-state index in [0.717, 1.165) is 17.1 Å². The van der Waals surface area contributed by atoms with Crippen LogP contribution in [0.25, 0.3) is 12.2 Å². The SMILES string of the molecule is C=c1[nH]n2c(=O)c(C)c(C(C)C)nc2c1=Nc1ccc(N(C)C)cc1. The first-order chi connectivity index (χ1) is 11.8. The molecule has 130 valence electrons. The number of hydrogen-bond donors (Lipinski definition) is 1. The third-order valence-electron chi connectivity index (χ3n) is 4.24. The molecule has 0 unspecified atom stereocenters. The molecule has 0 bridgehead atoms. The monoisotopic (exact) mass is 337 g/mol. The van der Waals surface area contributed by atoms with Crippen molar-refractivity contribution in [2.45, 2.75) is 26.7 Å². The fraction of sp³-hybridized carbons (Fsp3) is 0.316. The van der Waals surface area contributed by atoms with Gasteiger partial charge in [-0.2, -0.15) is 4.52 Å². The summed E-state index contributed by atoms with van der Waals surface area (Å²) >= 11 is 0.